The van der Waals surface area contributed by atoms with Gasteiger partial charge in [-0.2, -0.15) is 13.2 Å². The third-order valence-corrected chi connectivity index (χ3v) is 3.47. The highest BCUT2D eigenvalue weighted by Gasteiger charge is 2.53. The molecule has 2 fully saturated rings. The predicted molar refractivity (Wildman–Crippen MR) is 50.4 cm³/mol. The van der Waals surface area contributed by atoms with Crippen molar-refractivity contribution in [3.63, 3.8) is 0 Å². The fourth-order valence-electron chi connectivity index (χ4n) is 2.85. The molecule has 0 spiro atoms. The van der Waals surface area contributed by atoms with Gasteiger partial charge >= 0.3 is 11.9 Å². The Kier molecular flexibility index (Phi) is 2.63. The van der Waals surface area contributed by atoms with Crippen LogP contribution in [0.15, 0.2) is 0 Å². The number of nitrogens with zero attached hydrogens (tertiary/aromatic N) is 2. The first kappa shape index (κ1) is 11.7. The Labute approximate surface area is 91.7 Å². The van der Waals surface area contributed by atoms with E-state index in [1.165, 1.54) is 4.90 Å². The zero-order valence-corrected chi connectivity index (χ0v) is 8.67. The lowest BCUT2D eigenvalue weighted by Gasteiger charge is -2.37. The van der Waals surface area contributed by atoms with Crippen molar-refractivity contribution in [2.24, 2.45) is 0 Å². The lowest BCUT2D eigenvalue weighted by atomic mass is 9.94. The second-order valence-electron chi connectivity index (χ2n) is 4.68. The molecule has 2 atom stereocenters. The van der Waals surface area contributed by atoms with Gasteiger partial charge in [-0.15, -0.1) is 0 Å². The molecular weight excluding hydrogens is 221 g/mol. The van der Waals surface area contributed by atoms with Crippen LogP contribution in [-0.2, 0) is 0 Å². The summed E-state index contributed by atoms with van der Waals surface area (Å²) in [6.45, 7) is 5.96. The van der Waals surface area contributed by atoms with Crippen molar-refractivity contribution in [3.05, 3.63) is 11.4 Å². The van der Waals surface area contributed by atoms with E-state index < -0.39 is 18.4 Å². The highest BCUT2D eigenvalue weighted by Crippen LogP contribution is 2.42. The van der Waals surface area contributed by atoms with Gasteiger partial charge in [0.15, 0.2) is 0 Å². The first-order valence-electron chi connectivity index (χ1n) is 5.26. The fourth-order valence-corrected chi connectivity index (χ4v) is 2.85. The van der Waals surface area contributed by atoms with Crippen molar-refractivity contribution in [2.45, 2.75) is 49.7 Å². The fraction of sp³-hybridized carbons (Fsp3) is 0.900. The van der Waals surface area contributed by atoms with Crippen LogP contribution in [0.4, 0.5) is 13.2 Å². The molecule has 2 rings (SSSR count). The average Bonchev–Trinajstić information content (AvgIpc) is 2.42. The minimum Gasteiger partial charge on any atom is -0.324 e. The second kappa shape index (κ2) is 3.60. The van der Waals surface area contributed by atoms with Gasteiger partial charge in [-0.05, 0) is 12.8 Å². The molecule has 1 N–H and O–H groups in total. The molecule has 2 aliphatic rings. The SMILES string of the molecule is [C-]#[N+]C1(O)CC2CCC(C1)N2CC(F)(F)F. The van der Waals surface area contributed by atoms with Gasteiger partial charge in [-0.25, -0.2) is 6.57 Å². The lowest BCUT2D eigenvalue weighted by Crippen LogP contribution is -2.52. The first-order valence-corrected chi connectivity index (χ1v) is 5.26. The topological polar surface area (TPSA) is 27.8 Å². The van der Waals surface area contributed by atoms with E-state index >= 15 is 0 Å². The largest absolute Gasteiger partial charge is 0.401 e. The van der Waals surface area contributed by atoms with Gasteiger partial charge in [-0.1, -0.05) is 0 Å². The van der Waals surface area contributed by atoms with Crippen molar-refractivity contribution in [3.8, 4) is 0 Å². The van der Waals surface area contributed by atoms with Crippen LogP contribution in [0.3, 0.4) is 0 Å². The Morgan fingerprint density at radius 2 is 1.81 bits per heavy atom. The number of hydrogen-bond acceptors (Lipinski definition) is 2. The van der Waals surface area contributed by atoms with Crippen LogP contribution in [0.1, 0.15) is 25.7 Å². The number of hydrogen-bond donors (Lipinski definition) is 1. The van der Waals surface area contributed by atoms with Crippen LogP contribution in [0.2, 0.25) is 0 Å². The van der Waals surface area contributed by atoms with Crippen LogP contribution in [0.25, 0.3) is 4.85 Å². The number of alkyl halides is 3. The number of aliphatic hydroxyl groups is 1. The van der Waals surface area contributed by atoms with Gasteiger partial charge in [0.05, 0.1) is 19.4 Å². The first-order chi connectivity index (χ1) is 7.33. The summed E-state index contributed by atoms with van der Waals surface area (Å²) in [6.07, 6.45) is -2.61. The quantitative estimate of drug-likeness (QED) is 0.700. The van der Waals surface area contributed by atoms with Crippen molar-refractivity contribution >= 4 is 0 Å². The standard InChI is InChI=1S/C10H13F3N2O/c1-14-9(16)4-7-2-3-8(5-9)15(7)6-10(11,12)13/h7-8,16H,2-6H2. The van der Waals surface area contributed by atoms with Crippen LogP contribution in [0.5, 0.6) is 0 Å². The summed E-state index contributed by atoms with van der Waals surface area (Å²) in [5.41, 5.74) is -1.44. The predicted octanol–water partition coefficient (Wildman–Crippen LogP) is 1.78. The maximum atomic E-state index is 12.3. The third-order valence-electron chi connectivity index (χ3n) is 3.47. The van der Waals surface area contributed by atoms with Gasteiger partial charge in [-0.3, -0.25) is 9.74 Å². The number of fused-ring (bicyclic) bond motifs is 2. The zero-order chi connectivity index (χ0) is 12.0. The Morgan fingerprint density at radius 1 is 1.31 bits per heavy atom. The average molecular weight is 234 g/mol. The van der Waals surface area contributed by atoms with Crippen molar-refractivity contribution < 1.29 is 18.3 Å². The molecule has 0 amide bonds. The maximum absolute atomic E-state index is 12.3. The van der Waals surface area contributed by atoms with E-state index in [-0.39, 0.29) is 24.9 Å². The Balaban J connectivity index is 2.09. The van der Waals surface area contributed by atoms with Gasteiger partial charge in [0, 0.05) is 12.1 Å². The van der Waals surface area contributed by atoms with Gasteiger partial charge < -0.3 is 5.11 Å². The van der Waals surface area contributed by atoms with Crippen LogP contribution in [0, 0.1) is 6.57 Å². The highest BCUT2D eigenvalue weighted by molar-refractivity contribution is 5.05. The Morgan fingerprint density at radius 3 is 2.19 bits per heavy atom. The van der Waals surface area contributed by atoms with Gasteiger partial charge in [0.1, 0.15) is 0 Å². The smallest absolute Gasteiger partial charge is 0.324 e. The summed E-state index contributed by atoms with van der Waals surface area (Å²) in [7, 11) is 0. The second-order valence-corrected chi connectivity index (χ2v) is 4.68. The summed E-state index contributed by atoms with van der Waals surface area (Å²) in [4.78, 5) is 4.55. The van der Waals surface area contributed by atoms with Crippen LogP contribution < -0.4 is 0 Å². The molecule has 16 heavy (non-hydrogen) atoms. The summed E-state index contributed by atoms with van der Waals surface area (Å²) < 4.78 is 37.0. The van der Waals surface area contributed by atoms with E-state index in [1.54, 1.807) is 0 Å². The number of rotatable bonds is 1. The lowest BCUT2D eigenvalue weighted by molar-refractivity contribution is -0.162. The minimum absolute atomic E-state index is 0.142. The molecule has 2 saturated heterocycles. The Hall–Kier alpha value is -0.800. The van der Waals surface area contributed by atoms with Crippen molar-refractivity contribution in [1.29, 1.82) is 0 Å². The molecule has 0 aromatic heterocycles. The molecule has 2 unspecified atom stereocenters. The molecule has 0 radical (unpaired) electrons. The zero-order valence-electron chi connectivity index (χ0n) is 8.67. The monoisotopic (exact) mass is 234 g/mol. The van der Waals surface area contributed by atoms with E-state index in [0.29, 0.717) is 12.8 Å². The van der Waals surface area contributed by atoms with Crippen LogP contribution >= 0.6 is 0 Å². The van der Waals surface area contributed by atoms with Crippen molar-refractivity contribution in [1.82, 2.24) is 4.90 Å². The third kappa shape index (κ3) is 2.15. The molecule has 0 aromatic carbocycles. The maximum Gasteiger partial charge on any atom is 0.401 e. The minimum atomic E-state index is -4.20. The van der Waals surface area contributed by atoms with E-state index in [4.69, 9.17) is 6.57 Å². The molecule has 0 aromatic rings. The highest BCUT2D eigenvalue weighted by atomic mass is 19.4. The molecule has 2 aliphatic heterocycles. The summed E-state index contributed by atoms with van der Waals surface area (Å²) in [6, 6.07) is -0.584. The van der Waals surface area contributed by atoms with E-state index in [0.717, 1.165) is 0 Å². The molecule has 3 nitrogen and oxygen atoms in total. The van der Waals surface area contributed by atoms with E-state index in [1.807, 2.05) is 0 Å². The van der Waals surface area contributed by atoms with Gasteiger partial charge in [0.25, 0.3) is 0 Å². The molecule has 6 heteroatoms. The van der Waals surface area contributed by atoms with E-state index in [9.17, 15) is 18.3 Å². The molecular formula is C10H13F3N2O. The Bertz CT molecular complexity index is 309. The normalized spacial score (nSPS) is 39.7. The summed E-state index contributed by atoms with van der Waals surface area (Å²) in [5.74, 6) is 0. The molecule has 2 heterocycles. The summed E-state index contributed by atoms with van der Waals surface area (Å²) >= 11 is 0. The number of piperidine rings is 1. The molecule has 0 aliphatic carbocycles. The van der Waals surface area contributed by atoms with Crippen molar-refractivity contribution in [2.75, 3.05) is 6.54 Å². The van der Waals surface area contributed by atoms with Gasteiger partial charge in [0.2, 0.25) is 0 Å². The molecule has 0 saturated carbocycles. The van der Waals surface area contributed by atoms with Crippen LogP contribution in [-0.4, -0.2) is 40.5 Å². The number of halogens is 3. The molecule has 90 valence electrons. The summed E-state index contributed by atoms with van der Waals surface area (Å²) in [5, 5.41) is 9.81. The van der Waals surface area contributed by atoms with E-state index in [2.05, 4.69) is 4.85 Å². The molecule has 2 bridgehead atoms.